The largest absolute Gasteiger partial charge is 0.435 e. The molecule has 0 radical (unpaired) electrons. The SMILES string of the molecule is Cc1cc(C)cc(-n2nc(C(F)(F)F)c(CCl)c2Cl)c1. The van der Waals surface area contributed by atoms with E-state index in [4.69, 9.17) is 23.2 Å². The Hall–Kier alpha value is -1.20. The zero-order valence-electron chi connectivity index (χ0n) is 10.7. The van der Waals surface area contributed by atoms with Crippen LogP contribution in [-0.4, -0.2) is 9.78 Å². The summed E-state index contributed by atoms with van der Waals surface area (Å²) in [7, 11) is 0. The molecule has 0 atom stereocenters. The van der Waals surface area contributed by atoms with Crippen LogP contribution in [0.1, 0.15) is 22.4 Å². The molecule has 0 spiro atoms. The van der Waals surface area contributed by atoms with Gasteiger partial charge in [-0.25, -0.2) is 4.68 Å². The Morgan fingerprint density at radius 2 is 1.70 bits per heavy atom. The molecule has 0 bridgehead atoms. The Morgan fingerprint density at radius 1 is 1.15 bits per heavy atom. The van der Waals surface area contributed by atoms with E-state index in [2.05, 4.69) is 5.10 Å². The van der Waals surface area contributed by atoms with Crippen molar-refractivity contribution < 1.29 is 13.2 Å². The van der Waals surface area contributed by atoms with Crippen molar-refractivity contribution in [2.24, 2.45) is 0 Å². The van der Waals surface area contributed by atoms with Gasteiger partial charge in [0.05, 0.1) is 11.6 Å². The summed E-state index contributed by atoms with van der Waals surface area (Å²) in [5, 5.41) is 3.47. The molecular formula is C13H11Cl2F3N2. The molecule has 1 aromatic carbocycles. The molecule has 0 aliphatic carbocycles. The summed E-state index contributed by atoms with van der Waals surface area (Å²) >= 11 is 11.6. The van der Waals surface area contributed by atoms with Crippen LogP contribution >= 0.6 is 23.2 Å². The maximum atomic E-state index is 12.9. The molecule has 0 amide bonds. The van der Waals surface area contributed by atoms with Crippen molar-refractivity contribution in [1.29, 1.82) is 0 Å². The number of hydrogen-bond acceptors (Lipinski definition) is 1. The van der Waals surface area contributed by atoms with Crippen molar-refractivity contribution in [1.82, 2.24) is 9.78 Å². The molecule has 2 nitrogen and oxygen atoms in total. The lowest BCUT2D eigenvalue weighted by Crippen LogP contribution is -2.09. The van der Waals surface area contributed by atoms with Crippen molar-refractivity contribution >= 4 is 23.2 Å². The van der Waals surface area contributed by atoms with E-state index in [0.29, 0.717) is 5.69 Å². The van der Waals surface area contributed by atoms with Gasteiger partial charge in [0.1, 0.15) is 5.15 Å². The Balaban J connectivity index is 2.66. The predicted molar refractivity (Wildman–Crippen MR) is 72.6 cm³/mol. The number of benzene rings is 1. The summed E-state index contributed by atoms with van der Waals surface area (Å²) in [6.07, 6.45) is -4.59. The molecule has 0 N–H and O–H groups in total. The molecule has 0 aliphatic rings. The monoisotopic (exact) mass is 322 g/mol. The van der Waals surface area contributed by atoms with Crippen LogP contribution in [0.25, 0.3) is 5.69 Å². The number of aromatic nitrogens is 2. The molecule has 1 heterocycles. The van der Waals surface area contributed by atoms with Gasteiger partial charge in [-0.2, -0.15) is 18.3 Å². The first kappa shape index (κ1) is 15.2. The van der Waals surface area contributed by atoms with Gasteiger partial charge < -0.3 is 0 Å². The van der Waals surface area contributed by atoms with Crippen molar-refractivity contribution in [3.8, 4) is 5.69 Å². The zero-order chi connectivity index (χ0) is 15.1. The number of halogens is 5. The third-order valence-corrected chi connectivity index (χ3v) is 3.43. The molecule has 1 aromatic heterocycles. The van der Waals surface area contributed by atoms with Gasteiger partial charge in [0.2, 0.25) is 0 Å². The molecule has 0 fully saturated rings. The zero-order valence-corrected chi connectivity index (χ0v) is 12.2. The van der Waals surface area contributed by atoms with Crippen molar-refractivity contribution in [3.63, 3.8) is 0 Å². The van der Waals surface area contributed by atoms with E-state index < -0.39 is 11.9 Å². The minimum absolute atomic E-state index is 0.114. The highest BCUT2D eigenvalue weighted by Crippen LogP contribution is 2.36. The second kappa shape index (κ2) is 5.30. The first-order valence-electron chi connectivity index (χ1n) is 5.73. The minimum atomic E-state index is -4.59. The minimum Gasteiger partial charge on any atom is -0.221 e. The van der Waals surface area contributed by atoms with E-state index in [1.54, 1.807) is 12.1 Å². The van der Waals surface area contributed by atoms with Gasteiger partial charge in [-0.3, -0.25) is 0 Å². The maximum absolute atomic E-state index is 12.9. The normalized spacial score (nSPS) is 11.9. The van der Waals surface area contributed by atoms with Crippen LogP contribution in [0.2, 0.25) is 5.15 Å². The summed E-state index contributed by atoms with van der Waals surface area (Å²) in [5.41, 5.74) is 1.05. The van der Waals surface area contributed by atoms with E-state index in [1.807, 2.05) is 19.9 Å². The third-order valence-electron chi connectivity index (χ3n) is 2.77. The Morgan fingerprint density at radius 3 is 2.10 bits per heavy atom. The van der Waals surface area contributed by atoms with Crippen LogP contribution in [0.4, 0.5) is 13.2 Å². The number of hydrogen-bond donors (Lipinski definition) is 0. The molecule has 2 aromatic rings. The van der Waals surface area contributed by atoms with Gasteiger partial charge in [0, 0.05) is 5.56 Å². The second-order valence-corrected chi connectivity index (χ2v) is 5.13. The average molecular weight is 323 g/mol. The highest BCUT2D eigenvalue weighted by Gasteiger charge is 2.38. The van der Waals surface area contributed by atoms with Crippen LogP contribution in [0.15, 0.2) is 18.2 Å². The van der Waals surface area contributed by atoms with Gasteiger partial charge in [0.25, 0.3) is 0 Å². The van der Waals surface area contributed by atoms with Crippen LogP contribution in [-0.2, 0) is 12.1 Å². The van der Waals surface area contributed by atoms with E-state index in [0.717, 1.165) is 15.8 Å². The van der Waals surface area contributed by atoms with Crippen molar-refractivity contribution in [3.05, 3.63) is 45.7 Å². The molecule has 20 heavy (non-hydrogen) atoms. The fraction of sp³-hybridized carbons (Fsp3) is 0.308. The lowest BCUT2D eigenvalue weighted by atomic mass is 10.1. The van der Waals surface area contributed by atoms with E-state index >= 15 is 0 Å². The molecule has 108 valence electrons. The maximum Gasteiger partial charge on any atom is 0.435 e. The summed E-state index contributed by atoms with van der Waals surface area (Å²) in [4.78, 5) is 0. The first-order valence-corrected chi connectivity index (χ1v) is 6.64. The molecule has 2 rings (SSSR count). The third kappa shape index (κ3) is 2.79. The lowest BCUT2D eigenvalue weighted by molar-refractivity contribution is -0.141. The van der Waals surface area contributed by atoms with Crippen LogP contribution in [0, 0.1) is 13.8 Å². The molecule has 7 heteroatoms. The van der Waals surface area contributed by atoms with Gasteiger partial charge in [0.15, 0.2) is 5.69 Å². The average Bonchev–Trinajstić information content (AvgIpc) is 2.64. The molecular weight excluding hydrogens is 312 g/mol. The highest BCUT2D eigenvalue weighted by atomic mass is 35.5. The Kier molecular flexibility index (Phi) is 4.02. The highest BCUT2D eigenvalue weighted by molar-refractivity contribution is 6.31. The summed E-state index contributed by atoms with van der Waals surface area (Å²) < 4.78 is 39.8. The fourth-order valence-corrected chi connectivity index (χ4v) is 2.63. The number of alkyl halides is 4. The lowest BCUT2D eigenvalue weighted by Gasteiger charge is -2.06. The Bertz CT molecular complexity index is 628. The number of aryl methyl sites for hydroxylation is 2. The van der Waals surface area contributed by atoms with Crippen LogP contribution in [0.3, 0.4) is 0 Å². The van der Waals surface area contributed by atoms with Crippen LogP contribution < -0.4 is 0 Å². The molecule has 0 saturated heterocycles. The van der Waals surface area contributed by atoms with E-state index in [1.165, 1.54) is 0 Å². The van der Waals surface area contributed by atoms with Crippen molar-refractivity contribution in [2.45, 2.75) is 25.9 Å². The predicted octanol–water partition coefficient (Wildman–Crippen LogP) is 4.90. The van der Waals surface area contributed by atoms with Gasteiger partial charge in [-0.15, -0.1) is 11.6 Å². The fourth-order valence-electron chi connectivity index (χ4n) is 2.02. The van der Waals surface area contributed by atoms with Crippen LogP contribution in [0.5, 0.6) is 0 Å². The summed E-state index contributed by atoms with van der Waals surface area (Å²) in [5.74, 6) is -0.349. The Labute approximate surface area is 124 Å². The first-order chi connectivity index (χ1) is 9.24. The number of nitrogens with zero attached hydrogens (tertiary/aromatic N) is 2. The quantitative estimate of drug-likeness (QED) is 0.719. The van der Waals surface area contributed by atoms with E-state index in [-0.39, 0.29) is 16.6 Å². The standard InChI is InChI=1S/C13H11Cl2F3N2/c1-7-3-8(2)5-9(4-7)20-12(15)10(6-14)11(19-20)13(16,17)18/h3-5H,6H2,1-2H3. The van der Waals surface area contributed by atoms with Gasteiger partial charge >= 0.3 is 6.18 Å². The molecule has 0 aliphatic heterocycles. The number of rotatable bonds is 2. The smallest absolute Gasteiger partial charge is 0.221 e. The molecule has 0 saturated carbocycles. The topological polar surface area (TPSA) is 17.8 Å². The summed E-state index contributed by atoms with van der Waals surface area (Å²) in [6.45, 7) is 3.70. The van der Waals surface area contributed by atoms with Gasteiger partial charge in [-0.1, -0.05) is 17.7 Å². The van der Waals surface area contributed by atoms with Gasteiger partial charge in [-0.05, 0) is 37.1 Å². The van der Waals surface area contributed by atoms with Crippen molar-refractivity contribution in [2.75, 3.05) is 0 Å². The molecule has 0 unspecified atom stereocenters. The second-order valence-electron chi connectivity index (χ2n) is 4.51. The van der Waals surface area contributed by atoms with E-state index in [9.17, 15) is 13.2 Å². The summed E-state index contributed by atoms with van der Waals surface area (Å²) in [6, 6.07) is 5.34.